The highest BCUT2D eigenvalue weighted by Gasteiger charge is 2.07. The monoisotopic (exact) mass is 252 g/mol. The van der Waals surface area contributed by atoms with Gasteiger partial charge in [0.2, 0.25) is 0 Å². The van der Waals surface area contributed by atoms with Crippen LogP contribution in [0.3, 0.4) is 0 Å². The van der Waals surface area contributed by atoms with Crippen molar-refractivity contribution in [2.45, 2.75) is 19.8 Å². The van der Waals surface area contributed by atoms with Crippen molar-refractivity contribution in [3.8, 4) is 0 Å². The number of hydrogen-bond acceptors (Lipinski definition) is 4. The number of ether oxygens (including phenoxy) is 1. The standard InChI is InChI=1S/C13H20N2O3/c1-2-7-18-8-3-6-15-10-4-5-11(13(16)17)12(14)9-10/h4-5,9,15H,2-3,6-8,14H2,1H3,(H,16,17). The van der Waals surface area contributed by atoms with Gasteiger partial charge in [-0.3, -0.25) is 0 Å². The Morgan fingerprint density at radius 2 is 2.22 bits per heavy atom. The van der Waals surface area contributed by atoms with E-state index in [1.54, 1.807) is 12.1 Å². The Bertz CT molecular complexity index is 394. The summed E-state index contributed by atoms with van der Waals surface area (Å²) in [7, 11) is 0. The minimum absolute atomic E-state index is 0.131. The molecular formula is C13H20N2O3. The molecule has 0 bridgehead atoms. The second-order valence-corrected chi connectivity index (χ2v) is 4.00. The fraction of sp³-hybridized carbons (Fsp3) is 0.462. The van der Waals surface area contributed by atoms with Crippen LogP contribution in [0.25, 0.3) is 0 Å². The van der Waals surface area contributed by atoms with Crippen LogP contribution in [0.1, 0.15) is 30.1 Å². The number of carboxylic acid groups (broad SMARTS) is 1. The molecule has 0 aliphatic rings. The van der Waals surface area contributed by atoms with Crippen LogP contribution in [0, 0.1) is 0 Å². The largest absolute Gasteiger partial charge is 0.478 e. The molecule has 1 aromatic carbocycles. The third kappa shape index (κ3) is 4.63. The highest BCUT2D eigenvalue weighted by atomic mass is 16.5. The van der Waals surface area contributed by atoms with Gasteiger partial charge in [0, 0.05) is 31.1 Å². The lowest BCUT2D eigenvalue weighted by atomic mass is 10.1. The summed E-state index contributed by atoms with van der Waals surface area (Å²) in [5, 5.41) is 12.0. The number of anilines is 2. The molecule has 5 heteroatoms. The number of rotatable bonds is 8. The molecule has 0 heterocycles. The molecule has 1 rings (SSSR count). The predicted octanol–water partition coefficient (Wildman–Crippen LogP) is 2.20. The molecule has 0 aromatic heterocycles. The Morgan fingerprint density at radius 1 is 1.44 bits per heavy atom. The van der Waals surface area contributed by atoms with Crippen LogP contribution in [0.2, 0.25) is 0 Å². The van der Waals surface area contributed by atoms with Gasteiger partial charge in [0.05, 0.1) is 5.56 Å². The zero-order valence-corrected chi connectivity index (χ0v) is 10.6. The highest BCUT2D eigenvalue weighted by Crippen LogP contribution is 2.17. The van der Waals surface area contributed by atoms with Gasteiger partial charge in [0.25, 0.3) is 0 Å². The van der Waals surface area contributed by atoms with Gasteiger partial charge in [-0.25, -0.2) is 4.79 Å². The maximum atomic E-state index is 10.8. The molecule has 0 unspecified atom stereocenters. The molecule has 0 aliphatic heterocycles. The molecule has 0 saturated heterocycles. The van der Waals surface area contributed by atoms with Crippen LogP contribution >= 0.6 is 0 Å². The first-order chi connectivity index (χ1) is 8.65. The van der Waals surface area contributed by atoms with Crippen LogP contribution in [0.5, 0.6) is 0 Å². The number of benzene rings is 1. The Kier molecular flexibility index (Phi) is 6.00. The molecule has 0 spiro atoms. The van der Waals surface area contributed by atoms with E-state index in [9.17, 15) is 4.79 Å². The molecule has 0 aliphatic carbocycles. The van der Waals surface area contributed by atoms with Crippen molar-refractivity contribution < 1.29 is 14.6 Å². The Labute approximate surface area is 107 Å². The van der Waals surface area contributed by atoms with Crippen molar-refractivity contribution in [1.29, 1.82) is 0 Å². The van der Waals surface area contributed by atoms with Crippen molar-refractivity contribution in [3.63, 3.8) is 0 Å². The first kappa shape index (κ1) is 14.3. The summed E-state index contributed by atoms with van der Waals surface area (Å²) in [5.41, 5.74) is 6.88. The molecule has 1 aromatic rings. The summed E-state index contributed by atoms with van der Waals surface area (Å²) in [6.45, 7) is 4.37. The lowest BCUT2D eigenvalue weighted by molar-refractivity contribution is 0.0698. The molecule has 18 heavy (non-hydrogen) atoms. The van der Waals surface area contributed by atoms with Gasteiger partial charge in [0.15, 0.2) is 0 Å². The molecule has 100 valence electrons. The van der Waals surface area contributed by atoms with E-state index < -0.39 is 5.97 Å². The lowest BCUT2D eigenvalue weighted by Crippen LogP contribution is -2.08. The number of carbonyl (C=O) groups is 1. The van der Waals surface area contributed by atoms with Gasteiger partial charge in [-0.1, -0.05) is 6.92 Å². The van der Waals surface area contributed by atoms with Gasteiger partial charge in [-0.2, -0.15) is 0 Å². The van der Waals surface area contributed by atoms with Crippen molar-refractivity contribution in [1.82, 2.24) is 0 Å². The van der Waals surface area contributed by atoms with Crippen LogP contribution in [0.15, 0.2) is 18.2 Å². The zero-order valence-electron chi connectivity index (χ0n) is 10.6. The molecule has 5 nitrogen and oxygen atoms in total. The second kappa shape index (κ2) is 7.55. The fourth-order valence-corrected chi connectivity index (χ4v) is 1.52. The number of nitrogens with one attached hydrogen (secondary N) is 1. The Hall–Kier alpha value is -1.75. The predicted molar refractivity (Wildman–Crippen MR) is 72.0 cm³/mol. The third-order valence-electron chi connectivity index (χ3n) is 2.43. The first-order valence-corrected chi connectivity index (χ1v) is 6.09. The zero-order chi connectivity index (χ0) is 13.4. The Morgan fingerprint density at radius 3 is 2.83 bits per heavy atom. The quantitative estimate of drug-likeness (QED) is 0.488. The van der Waals surface area contributed by atoms with E-state index in [0.717, 1.165) is 38.3 Å². The number of nitrogen functional groups attached to an aromatic ring is 1. The first-order valence-electron chi connectivity index (χ1n) is 6.09. The average molecular weight is 252 g/mol. The highest BCUT2D eigenvalue weighted by molar-refractivity contribution is 5.94. The van der Waals surface area contributed by atoms with E-state index in [-0.39, 0.29) is 11.3 Å². The minimum atomic E-state index is -1.01. The summed E-state index contributed by atoms with van der Waals surface area (Å²) < 4.78 is 5.35. The van der Waals surface area contributed by atoms with Gasteiger partial charge in [0.1, 0.15) is 0 Å². The minimum Gasteiger partial charge on any atom is -0.478 e. The average Bonchev–Trinajstić information content (AvgIpc) is 2.33. The SMILES string of the molecule is CCCOCCCNc1ccc(C(=O)O)c(N)c1. The van der Waals surface area contributed by atoms with Crippen LogP contribution in [-0.2, 0) is 4.74 Å². The molecule has 0 saturated carbocycles. The van der Waals surface area contributed by atoms with Crippen LogP contribution in [-0.4, -0.2) is 30.8 Å². The van der Waals surface area contributed by atoms with Crippen molar-refractivity contribution in [2.75, 3.05) is 30.8 Å². The molecule has 0 radical (unpaired) electrons. The van der Waals surface area contributed by atoms with Crippen LogP contribution < -0.4 is 11.1 Å². The maximum absolute atomic E-state index is 10.8. The summed E-state index contributed by atoms with van der Waals surface area (Å²) in [6.07, 6.45) is 1.93. The van der Waals surface area contributed by atoms with Gasteiger partial charge < -0.3 is 20.9 Å². The Balaban J connectivity index is 2.35. The van der Waals surface area contributed by atoms with E-state index in [1.807, 2.05) is 0 Å². The van der Waals surface area contributed by atoms with E-state index in [0.29, 0.717) is 0 Å². The van der Waals surface area contributed by atoms with Gasteiger partial charge >= 0.3 is 5.97 Å². The lowest BCUT2D eigenvalue weighted by Gasteiger charge is -2.08. The normalized spacial score (nSPS) is 10.3. The molecule has 0 amide bonds. The van der Waals surface area contributed by atoms with Crippen molar-refractivity contribution in [2.24, 2.45) is 0 Å². The molecule has 4 N–H and O–H groups in total. The topological polar surface area (TPSA) is 84.6 Å². The number of carboxylic acids is 1. The van der Waals surface area contributed by atoms with Gasteiger partial charge in [-0.15, -0.1) is 0 Å². The van der Waals surface area contributed by atoms with E-state index in [2.05, 4.69) is 12.2 Å². The summed E-state index contributed by atoms with van der Waals surface area (Å²) >= 11 is 0. The number of aromatic carboxylic acids is 1. The molecule has 0 fully saturated rings. The summed E-state index contributed by atoms with van der Waals surface area (Å²) in [4.78, 5) is 10.8. The molecule has 0 atom stereocenters. The maximum Gasteiger partial charge on any atom is 0.337 e. The van der Waals surface area contributed by atoms with E-state index >= 15 is 0 Å². The third-order valence-corrected chi connectivity index (χ3v) is 2.43. The molecular weight excluding hydrogens is 232 g/mol. The van der Waals surface area contributed by atoms with Crippen LogP contribution in [0.4, 0.5) is 11.4 Å². The fourth-order valence-electron chi connectivity index (χ4n) is 1.52. The van der Waals surface area contributed by atoms with E-state index in [1.165, 1.54) is 6.07 Å². The smallest absolute Gasteiger partial charge is 0.337 e. The number of nitrogens with two attached hydrogens (primary N) is 1. The summed E-state index contributed by atoms with van der Waals surface area (Å²) in [6, 6.07) is 4.86. The second-order valence-electron chi connectivity index (χ2n) is 4.00. The van der Waals surface area contributed by atoms with Crippen molar-refractivity contribution >= 4 is 17.3 Å². The van der Waals surface area contributed by atoms with Crippen molar-refractivity contribution in [3.05, 3.63) is 23.8 Å². The van der Waals surface area contributed by atoms with E-state index in [4.69, 9.17) is 15.6 Å². The van der Waals surface area contributed by atoms with Gasteiger partial charge in [-0.05, 0) is 31.0 Å². The summed E-state index contributed by atoms with van der Waals surface area (Å²) in [5.74, 6) is -1.01. The number of hydrogen-bond donors (Lipinski definition) is 3.